The second-order valence-corrected chi connectivity index (χ2v) is 6.78. The lowest BCUT2D eigenvalue weighted by Gasteiger charge is -2.18. The predicted octanol–water partition coefficient (Wildman–Crippen LogP) is 1.49. The molecule has 124 valence electrons. The van der Waals surface area contributed by atoms with Crippen LogP contribution in [0, 0.1) is 0 Å². The van der Waals surface area contributed by atoms with E-state index in [0.717, 1.165) is 23.8 Å². The van der Waals surface area contributed by atoms with Crippen LogP contribution in [0.3, 0.4) is 0 Å². The van der Waals surface area contributed by atoms with Crippen molar-refractivity contribution < 1.29 is 4.79 Å². The van der Waals surface area contributed by atoms with Crippen molar-refractivity contribution >= 4 is 17.7 Å². The van der Waals surface area contributed by atoms with Gasteiger partial charge in [-0.15, -0.1) is 20.4 Å². The molecule has 0 radical (unpaired) electrons. The van der Waals surface area contributed by atoms with E-state index in [1.165, 1.54) is 24.6 Å². The third-order valence-corrected chi connectivity index (χ3v) is 5.12. The molecule has 0 aliphatic heterocycles. The van der Waals surface area contributed by atoms with Gasteiger partial charge in [-0.1, -0.05) is 24.6 Å². The molecule has 23 heavy (non-hydrogen) atoms. The first-order valence-electron chi connectivity index (χ1n) is 7.80. The highest BCUT2D eigenvalue weighted by atomic mass is 32.2. The molecule has 3 rings (SSSR count). The fraction of sp³-hybridized carbons (Fsp3) is 0.643. The maximum atomic E-state index is 12.1. The molecule has 8 nitrogen and oxygen atoms in total. The van der Waals surface area contributed by atoms with Crippen molar-refractivity contribution in [2.24, 2.45) is 7.05 Å². The molecule has 1 fully saturated rings. The Morgan fingerprint density at radius 1 is 1.35 bits per heavy atom. The van der Waals surface area contributed by atoms with Crippen LogP contribution in [0.1, 0.15) is 50.5 Å². The van der Waals surface area contributed by atoms with E-state index in [0.29, 0.717) is 11.8 Å². The van der Waals surface area contributed by atoms with E-state index in [9.17, 15) is 4.79 Å². The van der Waals surface area contributed by atoms with Crippen molar-refractivity contribution in [3.8, 4) is 0 Å². The first-order valence-corrected chi connectivity index (χ1v) is 8.79. The highest BCUT2D eigenvalue weighted by Gasteiger charge is 2.23. The predicted molar refractivity (Wildman–Crippen MR) is 85.8 cm³/mol. The Kier molecular flexibility index (Phi) is 4.94. The van der Waals surface area contributed by atoms with Crippen LogP contribution in [0.15, 0.2) is 17.8 Å². The van der Waals surface area contributed by atoms with Crippen LogP contribution in [0.2, 0.25) is 0 Å². The van der Waals surface area contributed by atoms with Gasteiger partial charge >= 0.3 is 0 Å². The summed E-state index contributed by atoms with van der Waals surface area (Å²) in [5, 5.41) is 19.7. The maximum Gasteiger partial charge on any atom is 0.231 e. The van der Waals surface area contributed by atoms with Crippen LogP contribution >= 0.6 is 11.8 Å². The van der Waals surface area contributed by atoms with Gasteiger partial charge in [-0.3, -0.25) is 4.79 Å². The molecule has 2 heterocycles. The molecule has 0 unspecified atom stereocenters. The molecular formula is C14H21N7OS. The summed E-state index contributed by atoms with van der Waals surface area (Å²) in [5.74, 6) is 1.08. The number of nitrogens with zero attached hydrogens (tertiary/aromatic N) is 6. The number of thioether (sulfide) groups is 1. The molecule has 2 aromatic heterocycles. The molecule has 2 aromatic rings. The number of hydrogen-bond acceptors (Lipinski definition) is 6. The molecule has 1 aliphatic carbocycles. The third-order valence-electron chi connectivity index (χ3n) is 4.09. The van der Waals surface area contributed by atoms with Crippen LogP contribution in [-0.4, -0.2) is 41.2 Å². The van der Waals surface area contributed by atoms with Crippen LogP contribution in [0.5, 0.6) is 0 Å². The van der Waals surface area contributed by atoms with E-state index in [1.54, 1.807) is 17.2 Å². The molecule has 0 saturated heterocycles. The summed E-state index contributed by atoms with van der Waals surface area (Å²) >= 11 is 1.37. The fourth-order valence-corrected chi connectivity index (χ4v) is 3.61. The lowest BCUT2D eigenvalue weighted by atomic mass is 10.2. The molecule has 0 aromatic carbocycles. The van der Waals surface area contributed by atoms with Gasteiger partial charge in [-0.25, -0.2) is 0 Å². The summed E-state index contributed by atoms with van der Waals surface area (Å²) in [6.45, 7) is 1.94. The minimum atomic E-state index is -0.161. The summed E-state index contributed by atoms with van der Waals surface area (Å²) in [6.07, 6.45) is 8.21. The molecule has 1 aliphatic rings. The largest absolute Gasteiger partial charge is 0.346 e. The molecule has 1 saturated carbocycles. The van der Waals surface area contributed by atoms with Crippen LogP contribution in [-0.2, 0) is 11.8 Å². The van der Waals surface area contributed by atoms with Crippen molar-refractivity contribution in [1.29, 1.82) is 0 Å². The standard InChI is InChI=1S/C14H21N7OS/c1-10(13-18-16-9-21(13)11-5-3-4-6-11)17-12(22)7-23-14-19-15-8-20(14)2/h8-11H,3-7H2,1-2H3,(H,17,22)/t10-/m0/s1. The number of carbonyl (C=O) groups excluding carboxylic acids is 1. The smallest absolute Gasteiger partial charge is 0.231 e. The fourth-order valence-electron chi connectivity index (χ4n) is 2.91. The topological polar surface area (TPSA) is 90.5 Å². The molecule has 1 atom stereocenters. The Morgan fingerprint density at radius 2 is 2.09 bits per heavy atom. The van der Waals surface area contributed by atoms with E-state index in [4.69, 9.17) is 0 Å². The molecular weight excluding hydrogens is 314 g/mol. The quantitative estimate of drug-likeness (QED) is 0.804. The Hall–Kier alpha value is -1.90. The van der Waals surface area contributed by atoms with Gasteiger partial charge < -0.3 is 14.5 Å². The highest BCUT2D eigenvalue weighted by molar-refractivity contribution is 7.99. The maximum absolute atomic E-state index is 12.1. The Morgan fingerprint density at radius 3 is 2.78 bits per heavy atom. The van der Waals surface area contributed by atoms with Gasteiger partial charge in [0.05, 0.1) is 11.8 Å². The van der Waals surface area contributed by atoms with E-state index in [2.05, 4.69) is 30.3 Å². The summed E-state index contributed by atoms with van der Waals surface area (Å²) in [7, 11) is 1.85. The van der Waals surface area contributed by atoms with Crippen molar-refractivity contribution in [2.45, 2.75) is 49.8 Å². The summed E-state index contributed by atoms with van der Waals surface area (Å²) in [5.41, 5.74) is 0. The van der Waals surface area contributed by atoms with E-state index in [-0.39, 0.29) is 11.9 Å². The average molecular weight is 335 g/mol. The Bertz CT molecular complexity index is 662. The number of aromatic nitrogens is 6. The lowest BCUT2D eigenvalue weighted by molar-refractivity contribution is -0.119. The zero-order valence-corrected chi connectivity index (χ0v) is 14.2. The van der Waals surface area contributed by atoms with E-state index < -0.39 is 0 Å². The number of amides is 1. The number of nitrogens with one attached hydrogen (secondary N) is 1. The molecule has 1 amide bonds. The SMILES string of the molecule is C[C@H](NC(=O)CSc1nncn1C)c1nncn1C1CCCC1. The van der Waals surface area contributed by atoms with E-state index in [1.807, 2.05) is 14.0 Å². The first kappa shape index (κ1) is 16.0. The summed E-state index contributed by atoms with van der Waals surface area (Å²) in [6, 6.07) is 0.304. The van der Waals surface area contributed by atoms with Gasteiger partial charge in [-0.05, 0) is 19.8 Å². The Labute approximate surface area is 139 Å². The third kappa shape index (κ3) is 3.72. The normalized spacial score (nSPS) is 16.6. The second-order valence-electron chi connectivity index (χ2n) is 5.84. The highest BCUT2D eigenvalue weighted by Crippen LogP contribution is 2.31. The van der Waals surface area contributed by atoms with Crippen LogP contribution < -0.4 is 5.32 Å². The molecule has 0 spiro atoms. The van der Waals surface area contributed by atoms with E-state index >= 15 is 0 Å². The zero-order chi connectivity index (χ0) is 16.2. The van der Waals surface area contributed by atoms with Gasteiger partial charge in [0.25, 0.3) is 0 Å². The van der Waals surface area contributed by atoms with Gasteiger partial charge in [0.1, 0.15) is 12.7 Å². The number of rotatable bonds is 6. The summed E-state index contributed by atoms with van der Waals surface area (Å²) in [4.78, 5) is 12.1. The van der Waals surface area contributed by atoms with Crippen LogP contribution in [0.4, 0.5) is 0 Å². The monoisotopic (exact) mass is 335 g/mol. The van der Waals surface area contributed by atoms with Crippen molar-refractivity contribution in [2.75, 3.05) is 5.75 Å². The van der Waals surface area contributed by atoms with Crippen LogP contribution in [0.25, 0.3) is 0 Å². The summed E-state index contributed by atoms with van der Waals surface area (Å²) < 4.78 is 3.91. The van der Waals surface area contributed by atoms with Gasteiger partial charge in [0.2, 0.25) is 5.91 Å². The zero-order valence-electron chi connectivity index (χ0n) is 13.3. The Balaban J connectivity index is 1.56. The van der Waals surface area contributed by atoms with Gasteiger partial charge in [0, 0.05) is 13.1 Å². The average Bonchev–Trinajstić information content (AvgIpc) is 3.26. The number of aryl methyl sites for hydroxylation is 1. The molecule has 0 bridgehead atoms. The number of carbonyl (C=O) groups is 1. The molecule has 9 heteroatoms. The number of hydrogen-bond donors (Lipinski definition) is 1. The minimum absolute atomic E-state index is 0.0496. The first-order chi connectivity index (χ1) is 11.1. The van der Waals surface area contributed by atoms with Gasteiger partial charge in [-0.2, -0.15) is 0 Å². The molecule has 1 N–H and O–H groups in total. The minimum Gasteiger partial charge on any atom is -0.346 e. The van der Waals surface area contributed by atoms with Crippen molar-refractivity contribution in [3.63, 3.8) is 0 Å². The lowest BCUT2D eigenvalue weighted by Crippen LogP contribution is -2.30. The van der Waals surface area contributed by atoms with Crippen molar-refractivity contribution in [1.82, 2.24) is 34.8 Å². The van der Waals surface area contributed by atoms with Gasteiger partial charge in [0.15, 0.2) is 11.0 Å². The second kappa shape index (κ2) is 7.12. The van der Waals surface area contributed by atoms with Crippen molar-refractivity contribution in [3.05, 3.63) is 18.5 Å².